The second-order valence-electron chi connectivity index (χ2n) is 3.79. The van der Waals surface area contributed by atoms with E-state index >= 15 is 0 Å². The third kappa shape index (κ3) is 2.66. The van der Waals surface area contributed by atoms with Crippen LogP contribution in [0.25, 0.3) is 11.1 Å². The molecule has 0 aliphatic heterocycles. The highest BCUT2D eigenvalue weighted by molar-refractivity contribution is 6.30. The van der Waals surface area contributed by atoms with Crippen molar-refractivity contribution in [3.63, 3.8) is 0 Å². The van der Waals surface area contributed by atoms with E-state index in [1.54, 1.807) is 7.05 Å². The molecule has 0 amide bonds. The summed E-state index contributed by atoms with van der Waals surface area (Å²) in [7, 11) is 1.70. The molecule has 0 fully saturated rings. The van der Waals surface area contributed by atoms with Crippen molar-refractivity contribution in [2.24, 2.45) is 9.98 Å². The standard InChI is InChI=1S/C15H13ClN2/c1-17-15(18-2)12-8-6-11(7-9-12)13-4-3-5-14(16)10-13/h3-10H,1H2,2H3. The molecule has 0 saturated heterocycles. The van der Waals surface area contributed by atoms with Gasteiger partial charge in [0.25, 0.3) is 0 Å². The molecule has 0 unspecified atom stereocenters. The van der Waals surface area contributed by atoms with Gasteiger partial charge in [-0.1, -0.05) is 48.0 Å². The molecule has 0 N–H and O–H groups in total. The van der Waals surface area contributed by atoms with Crippen LogP contribution in [0.5, 0.6) is 0 Å². The summed E-state index contributed by atoms with van der Waals surface area (Å²) in [5, 5.41) is 0.736. The molecule has 2 nitrogen and oxygen atoms in total. The Labute approximate surface area is 112 Å². The summed E-state index contributed by atoms with van der Waals surface area (Å²) in [5.41, 5.74) is 3.16. The monoisotopic (exact) mass is 256 g/mol. The highest BCUT2D eigenvalue weighted by atomic mass is 35.5. The van der Waals surface area contributed by atoms with E-state index < -0.39 is 0 Å². The fourth-order valence-electron chi connectivity index (χ4n) is 1.77. The number of aliphatic imine (C=N–C) groups is 2. The summed E-state index contributed by atoms with van der Waals surface area (Å²) in [6.45, 7) is 3.50. The predicted molar refractivity (Wildman–Crippen MR) is 78.9 cm³/mol. The first kappa shape index (κ1) is 12.5. The quantitative estimate of drug-likeness (QED) is 0.571. The molecular weight excluding hydrogens is 244 g/mol. The molecule has 0 atom stereocenters. The lowest BCUT2D eigenvalue weighted by molar-refractivity contribution is 1.39. The van der Waals surface area contributed by atoms with Crippen molar-refractivity contribution < 1.29 is 0 Å². The highest BCUT2D eigenvalue weighted by Gasteiger charge is 2.02. The van der Waals surface area contributed by atoms with E-state index in [4.69, 9.17) is 11.6 Å². The minimum atomic E-state index is 0.646. The van der Waals surface area contributed by atoms with E-state index in [0.29, 0.717) is 5.84 Å². The number of hydrogen-bond acceptors (Lipinski definition) is 1. The molecule has 90 valence electrons. The first-order chi connectivity index (χ1) is 8.74. The van der Waals surface area contributed by atoms with Gasteiger partial charge in [-0.05, 0) is 30.0 Å². The van der Waals surface area contributed by atoms with Crippen molar-refractivity contribution in [2.45, 2.75) is 0 Å². The largest absolute Gasteiger partial charge is 0.270 e. The van der Waals surface area contributed by atoms with Crippen molar-refractivity contribution in [2.75, 3.05) is 7.05 Å². The molecule has 0 aliphatic carbocycles. The summed E-state index contributed by atoms with van der Waals surface area (Å²) in [6, 6.07) is 15.8. The second kappa shape index (κ2) is 5.61. The summed E-state index contributed by atoms with van der Waals surface area (Å²) in [5.74, 6) is 0.646. The van der Waals surface area contributed by atoms with Gasteiger partial charge in [-0.25, -0.2) is 4.99 Å². The fraction of sp³-hybridized carbons (Fsp3) is 0.0667. The summed E-state index contributed by atoms with van der Waals surface area (Å²) in [6.07, 6.45) is 0. The Kier molecular flexibility index (Phi) is 3.90. The first-order valence-electron chi connectivity index (χ1n) is 5.54. The average molecular weight is 257 g/mol. The van der Waals surface area contributed by atoms with Gasteiger partial charge in [0.1, 0.15) is 0 Å². The van der Waals surface area contributed by atoms with Crippen LogP contribution in [0.1, 0.15) is 5.56 Å². The molecule has 0 aliphatic rings. The van der Waals surface area contributed by atoms with E-state index in [2.05, 4.69) is 16.7 Å². The summed E-state index contributed by atoms with van der Waals surface area (Å²) < 4.78 is 0. The summed E-state index contributed by atoms with van der Waals surface area (Å²) in [4.78, 5) is 7.93. The Bertz CT molecular complexity index is 586. The van der Waals surface area contributed by atoms with E-state index in [0.717, 1.165) is 21.7 Å². The lowest BCUT2D eigenvalue weighted by atomic mass is 10.0. The van der Waals surface area contributed by atoms with Crippen molar-refractivity contribution in [3.05, 3.63) is 59.1 Å². The Morgan fingerprint density at radius 2 is 1.78 bits per heavy atom. The smallest absolute Gasteiger partial charge is 0.153 e. The number of rotatable bonds is 2. The van der Waals surface area contributed by atoms with Crippen molar-refractivity contribution in [3.8, 4) is 11.1 Å². The molecule has 2 aromatic rings. The van der Waals surface area contributed by atoms with Crippen LogP contribution in [-0.2, 0) is 0 Å². The molecule has 0 aromatic heterocycles. The maximum absolute atomic E-state index is 5.98. The molecule has 2 aromatic carbocycles. The molecule has 0 heterocycles. The maximum Gasteiger partial charge on any atom is 0.153 e. The molecule has 18 heavy (non-hydrogen) atoms. The zero-order valence-electron chi connectivity index (χ0n) is 10.1. The minimum absolute atomic E-state index is 0.646. The van der Waals surface area contributed by atoms with Crippen molar-refractivity contribution in [1.29, 1.82) is 0 Å². The maximum atomic E-state index is 5.98. The van der Waals surface area contributed by atoms with Gasteiger partial charge in [0.2, 0.25) is 0 Å². The van der Waals surface area contributed by atoms with Crippen LogP contribution < -0.4 is 0 Å². The van der Waals surface area contributed by atoms with Crippen LogP contribution in [0.3, 0.4) is 0 Å². The molecule has 0 radical (unpaired) electrons. The zero-order valence-corrected chi connectivity index (χ0v) is 10.9. The van der Waals surface area contributed by atoms with Gasteiger partial charge in [-0.2, -0.15) is 0 Å². The number of hydrogen-bond donors (Lipinski definition) is 0. The topological polar surface area (TPSA) is 24.7 Å². The van der Waals surface area contributed by atoms with Crippen LogP contribution >= 0.6 is 11.6 Å². The van der Waals surface area contributed by atoms with Crippen molar-refractivity contribution in [1.82, 2.24) is 0 Å². The van der Waals surface area contributed by atoms with Crippen LogP contribution in [-0.4, -0.2) is 19.6 Å². The molecule has 2 rings (SSSR count). The molecule has 0 saturated carbocycles. The highest BCUT2D eigenvalue weighted by Crippen LogP contribution is 2.23. The predicted octanol–water partition coefficient (Wildman–Crippen LogP) is 4.08. The van der Waals surface area contributed by atoms with Crippen LogP contribution in [0.15, 0.2) is 58.5 Å². The molecule has 0 bridgehead atoms. The Morgan fingerprint density at radius 1 is 1.06 bits per heavy atom. The van der Waals surface area contributed by atoms with Gasteiger partial charge in [-0.15, -0.1) is 0 Å². The van der Waals surface area contributed by atoms with Crippen LogP contribution in [0.4, 0.5) is 0 Å². The SMILES string of the molecule is C=NC(=NC)c1ccc(-c2cccc(Cl)c2)cc1. The Hall–Kier alpha value is -1.93. The van der Waals surface area contributed by atoms with Gasteiger partial charge < -0.3 is 0 Å². The average Bonchev–Trinajstić information content (AvgIpc) is 2.41. The molecular formula is C15H13ClN2. The Balaban J connectivity index is 2.36. The fourth-order valence-corrected chi connectivity index (χ4v) is 1.96. The molecule has 3 heteroatoms. The third-order valence-electron chi connectivity index (χ3n) is 2.66. The third-order valence-corrected chi connectivity index (χ3v) is 2.90. The number of halogens is 1. The van der Waals surface area contributed by atoms with E-state index in [9.17, 15) is 0 Å². The lowest BCUT2D eigenvalue weighted by Gasteiger charge is -2.04. The van der Waals surface area contributed by atoms with Gasteiger partial charge in [0.05, 0.1) is 0 Å². The van der Waals surface area contributed by atoms with Gasteiger partial charge in [-0.3, -0.25) is 4.99 Å². The molecule has 0 spiro atoms. The number of amidine groups is 1. The number of benzene rings is 2. The van der Waals surface area contributed by atoms with Crippen LogP contribution in [0, 0.1) is 0 Å². The van der Waals surface area contributed by atoms with Gasteiger partial charge in [0.15, 0.2) is 5.84 Å². The second-order valence-corrected chi connectivity index (χ2v) is 4.23. The van der Waals surface area contributed by atoms with E-state index in [-0.39, 0.29) is 0 Å². The summed E-state index contributed by atoms with van der Waals surface area (Å²) >= 11 is 5.98. The Morgan fingerprint density at radius 3 is 2.33 bits per heavy atom. The van der Waals surface area contributed by atoms with E-state index in [1.165, 1.54) is 0 Å². The van der Waals surface area contributed by atoms with Crippen molar-refractivity contribution >= 4 is 24.2 Å². The zero-order chi connectivity index (χ0) is 13.0. The first-order valence-corrected chi connectivity index (χ1v) is 5.92. The van der Waals surface area contributed by atoms with E-state index in [1.807, 2.05) is 48.5 Å². The van der Waals surface area contributed by atoms with Crippen LogP contribution in [0.2, 0.25) is 5.02 Å². The normalized spacial score (nSPS) is 11.3. The number of nitrogens with zero attached hydrogens (tertiary/aromatic N) is 2. The lowest BCUT2D eigenvalue weighted by Crippen LogP contribution is -1.95. The minimum Gasteiger partial charge on any atom is -0.270 e. The van der Waals surface area contributed by atoms with Gasteiger partial charge in [0, 0.05) is 17.6 Å². The van der Waals surface area contributed by atoms with Gasteiger partial charge >= 0.3 is 0 Å².